The van der Waals surface area contributed by atoms with E-state index >= 15 is 0 Å². The van der Waals surface area contributed by atoms with Gasteiger partial charge in [-0.1, -0.05) is 47.6 Å². The Bertz CT molecular complexity index is 277. The van der Waals surface area contributed by atoms with Crippen molar-refractivity contribution in [1.82, 2.24) is 0 Å². The zero-order chi connectivity index (χ0) is 14.0. The van der Waals surface area contributed by atoms with Gasteiger partial charge in [-0.05, 0) is 42.0 Å². The molecule has 0 amide bonds. The quantitative estimate of drug-likeness (QED) is 0.450. The largest absolute Gasteiger partial charge is 0.395 e. The van der Waals surface area contributed by atoms with Gasteiger partial charge in [-0.2, -0.15) is 0 Å². The van der Waals surface area contributed by atoms with Crippen molar-refractivity contribution >= 4 is 8.32 Å². The van der Waals surface area contributed by atoms with E-state index in [0.717, 1.165) is 19.3 Å². The minimum Gasteiger partial charge on any atom is -0.395 e. The van der Waals surface area contributed by atoms with Gasteiger partial charge in [0.2, 0.25) is 8.32 Å². The lowest BCUT2D eigenvalue weighted by Gasteiger charge is -2.48. The molecule has 0 spiro atoms. The number of nitrogens with two attached hydrogens (primary N) is 1. The Balaban J connectivity index is 3.04. The number of hydrogen-bond donors (Lipinski definition) is 1. The third-order valence-electron chi connectivity index (χ3n) is 4.41. The second kappa shape index (κ2) is 5.89. The van der Waals surface area contributed by atoms with Gasteiger partial charge in [0.25, 0.3) is 0 Å². The molecule has 0 fully saturated rings. The summed E-state index contributed by atoms with van der Waals surface area (Å²) in [6, 6.07) is 0. The van der Waals surface area contributed by atoms with Crippen LogP contribution in [0.2, 0.25) is 16.6 Å². The molecule has 2 nitrogen and oxygen atoms in total. The Labute approximate surface area is 114 Å². The van der Waals surface area contributed by atoms with E-state index in [0.29, 0.717) is 16.6 Å². The summed E-state index contributed by atoms with van der Waals surface area (Å²) < 4.78 is 6.68. The van der Waals surface area contributed by atoms with Crippen molar-refractivity contribution in [3.63, 3.8) is 0 Å². The highest BCUT2D eigenvalue weighted by Gasteiger charge is 2.49. The fourth-order valence-corrected chi connectivity index (χ4v) is 9.17. The van der Waals surface area contributed by atoms with Crippen LogP contribution in [0.15, 0.2) is 12.2 Å². The molecule has 1 aliphatic carbocycles. The molecule has 0 heterocycles. The third-order valence-corrected chi connectivity index (χ3v) is 10.6. The minimum absolute atomic E-state index is 0.511. The molecular formula is C15H31NOSi. The lowest BCUT2D eigenvalue weighted by Crippen LogP contribution is -2.57. The second-order valence-electron chi connectivity index (χ2n) is 6.67. The first-order valence-corrected chi connectivity index (χ1v) is 9.55. The molecule has 106 valence electrons. The first kappa shape index (κ1) is 15.9. The first-order chi connectivity index (χ1) is 8.24. The fourth-order valence-electron chi connectivity index (χ4n) is 3.63. The molecule has 18 heavy (non-hydrogen) atoms. The van der Waals surface area contributed by atoms with Crippen molar-refractivity contribution in [2.24, 2.45) is 5.73 Å². The van der Waals surface area contributed by atoms with E-state index in [1.807, 2.05) is 0 Å². The summed E-state index contributed by atoms with van der Waals surface area (Å²) in [5, 5.41) is 0. The summed E-state index contributed by atoms with van der Waals surface area (Å²) in [6.45, 7) is 13.8. The van der Waals surface area contributed by atoms with Crippen LogP contribution < -0.4 is 5.73 Å². The summed E-state index contributed by atoms with van der Waals surface area (Å²) in [4.78, 5) is 0. The lowest BCUT2D eigenvalue weighted by atomic mass is 10.0. The van der Waals surface area contributed by atoms with Crippen LogP contribution in [0.3, 0.4) is 0 Å². The fraction of sp³-hybridized carbons (Fsp3) is 0.867. The van der Waals surface area contributed by atoms with Crippen molar-refractivity contribution in [1.29, 1.82) is 0 Å². The van der Waals surface area contributed by atoms with E-state index in [9.17, 15) is 0 Å². The minimum atomic E-state index is -1.86. The van der Waals surface area contributed by atoms with Crippen molar-refractivity contribution in [2.75, 3.05) is 0 Å². The van der Waals surface area contributed by atoms with Crippen molar-refractivity contribution in [2.45, 2.75) is 83.2 Å². The van der Waals surface area contributed by atoms with Crippen LogP contribution in [0.25, 0.3) is 0 Å². The van der Waals surface area contributed by atoms with E-state index in [4.69, 9.17) is 10.2 Å². The molecule has 1 rings (SSSR count). The maximum atomic E-state index is 6.68. The molecule has 0 aromatic rings. The van der Waals surface area contributed by atoms with Gasteiger partial charge < -0.3 is 10.2 Å². The number of rotatable bonds is 5. The van der Waals surface area contributed by atoms with Crippen LogP contribution in [-0.2, 0) is 4.43 Å². The summed E-state index contributed by atoms with van der Waals surface area (Å²) in [5.74, 6) is 0. The Morgan fingerprint density at radius 3 is 1.89 bits per heavy atom. The topological polar surface area (TPSA) is 35.2 Å². The van der Waals surface area contributed by atoms with Crippen LogP contribution >= 0.6 is 0 Å². The molecule has 1 aliphatic rings. The summed E-state index contributed by atoms with van der Waals surface area (Å²) in [7, 11) is -1.86. The Morgan fingerprint density at radius 2 is 1.56 bits per heavy atom. The highest BCUT2D eigenvalue weighted by atomic mass is 28.4. The van der Waals surface area contributed by atoms with E-state index in [-0.39, 0.29) is 0 Å². The van der Waals surface area contributed by atoms with E-state index < -0.39 is 14.0 Å². The van der Waals surface area contributed by atoms with Crippen LogP contribution in [-0.4, -0.2) is 14.0 Å². The molecule has 1 unspecified atom stereocenters. The number of hydrogen-bond acceptors (Lipinski definition) is 2. The molecular weight excluding hydrogens is 238 g/mol. The average Bonchev–Trinajstić information content (AvgIpc) is 2.25. The maximum absolute atomic E-state index is 6.68. The second-order valence-corrected chi connectivity index (χ2v) is 12.0. The highest BCUT2D eigenvalue weighted by molar-refractivity contribution is 6.77. The predicted molar refractivity (Wildman–Crippen MR) is 82.0 cm³/mol. The summed E-state index contributed by atoms with van der Waals surface area (Å²) >= 11 is 0. The Hall–Kier alpha value is -0.123. The van der Waals surface area contributed by atoms with Gasteiger partial charge >= 0.3 is 0 Å². The van der Waals surface area contributed by atoms with Gasteiger partial charge in [0, 0.05) is 0 Å². The molecule has 1 atom stereocenters. The van der Waals surface area contributed by atoms with Gasteiger partial charge in [-0.15, -0.1) is 0 Å². The van der Waals surface area contributed by atoms with Crippen LogP contribution in [0.5, 0.6) is 0 Å². The molecule has 0 saturated heterocycles. The zero-order valence-electron chi connectivity index (χ0n) is 13.0. The molecule has 0 saturated carbocycles. The van der Waals surface area contributed by atoms with E-state index in [2.05, 4.69) is 53.7 Å². The van der Waals surface area contributed by atoms with Crippen molar-refractivity contribution < 1.29 is 4.43 Å². The van der Waals surface area contributed by atoms with Gasteiger partial charge in [-0.3, -0.25) is 0 Å². The van der Waals surface area contributed by atoms with Crippen LogP contribution in [0, 0.1) is 0 Å². The normalized spacial score (nSPS) is 25.4. The molecule has 0 bridgehead atoms. The molecule has 3 heteroatoms. The Morgan fingerprint density at radius 1 is 1.06 bits per heavy atom. The molecule has 0 radical (unpaired) electrons. The smallest absolute Gasteiger partial charge is 0.203 e. The molecule has 2 N–H and O–H groups in total. The molecule has 0 aliphatic heterocycles. The van der Waals surface area contributed by atoms with Crippen molar-refractivity contribution in [3.8, 4) is 0 Å². The summed E-state index contributed by atoms with van der Waals surface area (Å²) in [6.07, 6.45) is 7.53. The maximum Gasteiger partial charge on any atom is 0.203 e. The van der Waals surface area contributed by atoms with Gasteiger partial charge in [0.15, 0.2) is 0 Å². The standard InChI is InChI=1S/C15H31NOSi/c1-12(2)18(13(3)4,14(5)6)17-15(16)10-8-7-9-11-15/h8,10,12-14H,7,9,11,16H2,1-6H3. The SMILES string of the molecule is CC(C)[Si](OC1(N)C=CCCC1)(C(C)C)C(C)C. The van der Waals surface area contributed by atoms with E-state index in [1.165, 1.54) is 0 Å². The van der Waals surface area contributed by atoms with E-state index in [1.54, 1.807) is 0 Å². The van der Waals surface area contributed by atoms with Crippen LogP contribution in [0.4, 0.5) is 0 Å². The van der Waals surface area contributed by atoms with Crippen LogP contribution in [0.1, 0.15) is 60.8 Å². The Kier molecular flexibility index (Phi) is 5.21. The molecule has 0 aromatic heterocycles. The number of allylic oxidation sites excluding steroid dienone is 1. The first-order valence-electron chi connectivity index (χ1n) is 7.41. The predicted octanol–water partition coefficient (Wildman–Crippen LogP) is 4.57. The lowest BCUT2D eigenvalue weighted by molar-refractivity contribution is 0.0871. The average molecular weight is 270 g/mol. The highest BCUT2D eigenvalue weighted by Crippen LogP contribution is 2.45. The summed E-state index contributed by atoms with van der Waals surface area (Å²) in [5.41, 5.74) is 7.75. The van der Waals surface area contributed by atoms with Crippen molar-refractivity contribution in [3.05, 3.63) is 12.2 Å². The van der Waals surface area contributed by atoms with Gasteiger partial charge in [-0.25, -0.2) is 0 Å². The van der Waals surface area contributed by atoms with Gasteiger partial charge in [0.1, 0.15) is 5.72 Å². The monoisotopic (exact) mass is 269 g/mol. The molecule has 0 aromatic carbocycles. The van der Waals surface area contributed by atoms with Gasteiger partial charge in [0.05, 0.1) is 0 Å². The zero-order valence-corrected chi connectivity index (χ0v) is 14.0. The third kappa shape index (κ3) is 3.06.